The minimum atomic E-state index is 0.654. The Balaban J connectivity index is 2.45. The highest BCUT2D eigenvalue weighted by atomic mass is 14.8. The highest BCUT2D eigenvalue weighted by Gasteiger charge is 2.09. The van der Waals surface area contributed by atoms with E-state index in [1.165, 1.54) is 24.8 Å². The van der Waals surface area contributed by atoms with Crippen LogP contribution in [0.5, 0.6) is 0 Å². The van der Waals surface area contributed by atoms with E-state index in [0.717, 1.165) is 19.5 Å². The molecule has 1 unspecified atom stereocenters. The third-order valence-electron chi connectivity index (χ3n) is 3.12. The molecule has 0 heterocycles. The van der Waals surface area contributed by atoms with Crippen LogP contribution in [0.1, 0.15) is 44.1 Å². The molecule has 0 aromatic heterocycles. The van der Waals surface area contributed by atoms with Crippen LogP contribution in [-0.4, -0.2) is 13.1 Å². The molecule has 1 N–H and O–H groups in total. The Bertz CT molecular complexity index is 292. The van der Waals surface area contributed by atoms with Gasteiger partial charge >= 0.3 is 0 Å². The first kappa shape index (κ1) is 14.0. The van der Waals surface area contributed by atoms with Gasteiger partial charge in [-0.1, -0.05) is 49.8 Å². The summed E-state index contributed by atoms with van der Waals surface area (Å²) in [4.78, 5) is 0. The molecule has 1 nitrogen and oxygen atoms in total. The number of benzene rings is 1. The number of allylic oxidation sites excluding steroid dienone is 1. The van der Waals surface area contributed by atoms with Crippen LogP contribution in [0.15, 0.2) is 43.0 Å². The van der Waals surface area contributed by atoms with E-state index in [2.05, 4.69) is 49.2 Å². The summed E-state index contributed by atoms with van der Waals surface area (Å²) in [7, 11) is 0. The predicted octanol–water partition coefficient (Wildman–Crippen LogP) is 4.13. The van der Waals surface area contributed by atoms with Gasteiger partial charge in [0.25, 0.3) is 0 Å². The maximum atomic E-state index is 3.77. The van der Waals surface area contributed by atoms with Gasteiger partial charge in [-0.2, -0.15) is 0 Å². The molecule has 94 valence electrons. The van der Waals surface area contributed by atoms with Crippen LogP contribution in [0.2, 0.25) is 0 Å². The molecule has 0 radical (unpaired) electrons. The van der Waals surface area contributed by atoms with Gasteiger partial charge in [0.15, 0.2) is 0 Å². The zero-order chi connectivity index (χ0) is 12.3. The lowest BCUT2D eigenvalue weighted by atomic mass is 9.93. The smallest absolute Gasteiger partial charge is 0.00200 e. The summed E-state index contributed by atoms with van der Waals surface area (Å²) in [6.45, 7) is 8.08. The first-order chi connectivity index (χ1) is 8.38. The second-order valence-corrected chi connectivity index (χ2v) is 4.49. The molecule has 1 heteroatoms. The Morgan fingerprint density at radius 2 is 2.00 bits per heavy atom. The fourth-order valence-corrected chi connectivity index (χ4v) is 2.11. The van der Waals surface area contributed by atoms with Crippen LogP contribution in [0.25, 0.3) is 0 Å². The maximum absolute atomic E-state index is 3.77. The van der Waals surface area contributed by atoms with Crippen LogP contribution in [0.3, 0.4) is 0 Å². The van der Waals surface area contributed by atoms with Crippen LogP contribution in [0, 0.1) is 0 Å². The Labute approximate surface area is 106 Å². The van der Waals surface area contributed by atoms with Gasteiger partial charge in [-0.15, -0.1) is 6.58 Å². The number of hydrogen-bond donors (Lipinski definition) is 1. The third-order valence-corrected chi connectivity index (χ3v) is 3.12. The van der Waals surface area contributed by atoms with E-state index in [-0.39, 0.29) is 0 Å². The Hall–Kier alpha value is -1.08. The van der Waals surface area contributed by atoms with E-state index < -0.39 is 0 Å². The Kier molecular flexibility index (Phi) is 7.40. The minimum absolute atomic E-state index is 0.654. The third kappa shape index (κ3) is 5.69. The fraction of sp³-hybridized carbons (Fsp3) is 0.500. The normalized spacial score (nSPS) is 12.3. The average molecular weight is 231 g/mol. The summed E-state index contributed by atoms with van der Waals surface area (Å²) >= 11 is 0. The van der Waals surface area contributed by atoms with Crippen molar-refractivity contribution in [3.63, 3.8) is 0 Å². The van der Waals surface area contributed by atoms with Gasteiger partial charge in [0, 0.05) is 6.54 Å². The summed E-state index contributed by atoms with van der Waals surface area (Å²) in [5, 5.41) is 3.47. The largest absolute Gasteiger partial charge is 0.316 e. The molecule has 1 rings (SSSR count). The molecule has 0 aliphatic carbocycles. The van der Waals surface area contributed by atoms with Gasteiger partial charge in [0.2, 0.25) is 0 Å². The Morgan fingerprint density at radius 3 is 2.65 bits per heavy atom. The quantitative estimate of drug-likeness (QED) is 0.498. The van der Waals surface area contributed by atoms with Gasteiger partial charge in [0.1, 0.15) is 0 Å². The number of nitrogens with one attached hydrogen (secondary N) is 1. The van der Waals surface area contributed by atoms with Gasteiger partial charge in [-0.05, 0) is 37.3 Å². The summed E-state index contributed by atoms with van der Waals surface area (Å²) in [5.41, 5.74) is 1.46. The fourth-order valence-electron chi connectivity index (χ4n) is 2.11. The van der Waals surface area contributed by atoms with Crippen molar-refractivity contribution in [2.24, 2.45) is 0 Å². The first-order valence-corrected chi connectivity index (χ1v) is 6.75. The zero-order valence-corrected chi connectivity index (χ0v) is 11.0. The molecule has 0 saturated carbocycles. The molecule has 0 aliphatic heterocycles. The molecule has 1 aromatic rings. The molecule has 0 fully saturated rings. The lowest BCUT2D eigenvalue weighted by Gasteiger charge is -2.17. The van der Waals surface area contributed by atoms with Crippen molar-refractivity contribution < 1.29 is 0 Å². The Morgan fingerprint density at radius 1 is 1.24 bits per heavy atom. The van der Waals surface area contributed by atoms with Crippen molar-refractivity contribution in [2.45, 2.75) is 38.5 Å². The topological polar surface area (TPSA) is 12.0 Å². The number of rotatable bonds is 9. The summed E-state index contributed by atoms with van der Waals surface area (Å²) in [6.07, 6.45) is 6.98. The highest BCUT2D eigenvalue weighted by Crippen LogP contribution is 2.21. The van der Waals surface area contributed by atoms with E-state index in [9.17, 15) is 0 Å². The van der Waals surface area contributed by atoms with E-state index in [0.29, 0.717) is 5.92 Å². The second-order valence-electron chi connectivity index (χ2n) is 4.49. The monoisotopic (exact) mass is 231 g/mol. The minimum Gasteiger partial charge on any atom is -0.316 e. The average Bonchev–Trinajstić information content (AvgIpc) is 2.39. The van der Waals surface area contributed by atoms with Gasteiger partial charge in [-0.3, -0.25) is 0 Å². The van der Waals surface area contributed by atoms with Crippen molar-refractivity contribution in [3.8, 4) is 0 Å². The standard InChI is InChI=1S/C16H25N/c1-3-5-6-8-13-16(14-17-4-2)15-11-9-7-10-12-15/h3,7,9-12,16-17H,1,4-6,8,13-14H2,2H3. The summed E-state index contributed by atoms with van der Waals surface area (Å²) in [5.74, 6) is 0.654. The van der Waals surface area contributed by atoms with Gasteiger partial charge < -0.3 is 5.32 Å². The molecule has 17 heavy (non-hydrogen) atoms. The molecular weight excluding hydrogens is 206 g/mol. The van der Waals surface area contributed by atoms with Crippen molar-refractivity contribution in [3.05, 3.63) is 48.6 Å². The molecular formula is C16H25N. The van der Waals surface area contributed by atoms with Crippen molar-refractivity contribution in [1.82, 2.24) is 5.32 Å². The predicted molar refractivity (Wildman–Crippen MR) is 76.4 cm³/mol. The van der Waals surface area contributed by atoms with Crippen LogP contribution in [-0.2, 0) is 0 Å². The molecule has 0 spiro atoms. The highest BCUT2D eigenvalue weighted by molar-refractivity contribution is 5.19. The molecule has 0 amide bonds. The van der Waals surface area contributed by atoms with E-state index in [1.54, 1.807) is 0 Å². The first-order valence-electron chi connectivity index (χ1n) is 6.75. The van der Waals surface area contributed by atoms with Crippen molar-refractivity contribution in [1.29, 1.82) is 0 Å². The van der Waals surface area contributed by atoms with E-state index in [1.807, 2.05) is 6.08 Å². The SMILES string of the molecule is C=CCCCCC(CNCC)c1ccccc1. The van der Waals surface area contributed by atoms with Crippen molar-refractivity contribution >= 4 is 0 Å². The van der Waals surface area contributed by atoms with Gasteiger partial charge in [0.05, 0.1) is 0 Å². The molecule has 0 aliphatic rings. The van der Waals surface area contributed by atoms with Crippen LogP contribution in [0.4, 0.5) is 0 Å². The lowest BCUT2D eigenvalue weighted by molar-refractivity contribution is 0.532. The molecule has 1 aromatic carbocycles. The van der Waals surface area contributed by atoms with Crippen LogP contribution < -0.4 is 5.32 Å². The zero-order valence-electron chi connectivity index (χ0n) is 11.0. The number of likely N-dealkylation sites (N-methyl/N-ethyl adjacent to an activating group) is 1. The summed E-state index contributed by atoms with van der Waals surface area (Å²) < 4.78 is 0. The van der Waals surface area contributed by atoms with E-state index >= 15 is 0 Å². The second kappa shape index (κ2) is 9.00. The number of unbranched alkanes of at least 4 members (excludes halogenated alkanes) is 2. The lowest BCUT2D eigenvalue weighted by Crippen LogP contribution is -2.21. The molecule has 0 saturated heterocycles. The van der Waals surface area contributed by atoms with E-state index in [4.69, 9.17) is 0 Å². The number of hydrogen-bond acceptors (Lipinski definition) is 1. The van der Waals surface area contributed by atoms with Crippen molar-refractivity contribution in [2.75, 3.05) is 13.1 Å². The van der Waals surface area contributed by atoms with Gasteiger partial charge in [-0.25, -0.2) is 0 Å². The van der Waals surface area contributed by atoms with Crippen LogP contribution >= 0.6 is 0 Å². The molecule has 0 bridgehead atoms. The maximum Gasteiger partial charge on any atom is 0.00200 e. The summed E-state index contributed by atoms with van der Waals surface area (Å²) in [6, 6.07) is 10.9. The molecule has 1 atom stereocenters.